The lowest BCUT2D eigenvalue weighted by atomic mass is 10.2. The fourth-order valence-electron chi connectivity index (χ4n) is 2.78. The van der Waals surface area contributed by atoms with Gasteiger partial charge in [-0.3, -0.25) is 9.59 Å². The Morgan fingerprint density at radius 2 is 1.92 bits per heavy atom. The van der Waals surface area contributed by atoms with E-state index >= 15 is 0 Å². The van der Waals surface area contributed by atoms with Gasteiger partial charge in [-0.05, 0) is 42.3 Å². The number of para-hydroxylation sites is 2. The Morgan fingerprint density at radius 1 is 1.16 bits per heavy atom. The molecular weight excluding hydrogens is 316 g/mol. The number of nitrogens with zero attached hydrogens (tertiary/aromatic N) is 1. The Labute approximate surface area is 146 Å². The number of carbonyl (C=O) groups excluding carboxylic acids is 2. The van der Waals surface area contributed by atoms with Gasteiger partial charge >= 0.3 is 0 Å². The van der Waals surface area contributed by atoms with E-state index in [0.717, 1.165) is 24.2 Å². The van der Waals surface area contributed by atoms with Crippen LogP contribution in [0.15, 0.2) is 54.6 Å². The largest absolute Gasteiger partial charge is 0.495 e. The van der Waals surface area contributed by atoms with Crippen LogP contribution in [0.2, 0.25) is 0 Å². The zero-order valence-electron chi connectivity index (χ0n) is 14.1. The summed E-state index contributed by atoms with van der Waals surface area (Å²) in [6.07, 6.45) is 4.73. The van der Waals surface area contributed by atoms with E-state index in [-0.39, 0.29) is 11.8 Å². The second-order valence-electron chi connectivity index (χ2n) is 5.76. The van der Waals surface area contributed by atoms with Crippen LogP contribution >= 0.6 is 0 Å². The minimum atomic E-state index is -0.233. The Kier molecular flexibility index (Phi) is 5.14. The third-order valence-electron chi connectivity index (χ3n) is 4.07. The first-order valence-electron chi connectivity index (χ1n) is 8.20. The molecule has 0 spiro atoms. The number of rotatable bonds is 5. The third-order valence-corrected chi connectivity index (χ3v) is 4.07. The summed E-state index contributed by atoms with van der Waals surface area (Å²) in [5, 5.41) is 2.79. The number of nitrogens with one attached hydrogen (secondary N) is 1. The van der Waals surface area contributed by atoms with Crippen molar-refractivity contribution in [1.82, 2.24) is 0 Å². The van der Waals surface area contributed by atoms with Crippen LogP contribution in [0.1, 0.15) is 18.4 Å². The third kappa shape index (κ3) is 4.07. The highest BCUT2D eigenvalue weighted by Gasteiger charge is 2.21. The monoisotopic (exact) mass is 336 g/mol. The van der Waals surface area contributed by atoms with Gasteiger partial charge in [0.25, 0.3) is 0 Å². The highest BCUT2D eigenvalue weighted by molar-refractivity contribution is 6.02. The molecule has 0 unspecified atom stereocenters. The van der Waals surface area contributed by atoms with Crippen LogP contribution in [-0.4, -0.2) is 25.5 Å². The number of methoxy groups -OCH3 is 1. The number of hydrogen-bond donors (Lipinski definition) is 1. The molecule has 1 fully saturated rings. The first-order valence-corrected chi connectivity index (χ1v) is 8.20. The molecule has 1 aliphatic heterocycles. The van der Waals surface area contributed by atoms with Gasteiger partial charge in [0, 0.05) is 24.7 Å². The molecule has 0 atom stereocenters. The van der Waals surface area contributed by atoms with Gasteiger partial charge in [-0.2, -0.15) is 0 Å². The predicted molar refractivity (Wildman–Crippen MR) is 98.7 cm³/mol. The molecular formula is C20H20N2O3. The fraction of sp³-hybridized carbons (Fsp3) is 0.200. The molecule has 0 radical (unpaired) electrons. The number of amides is 2. The molecule has 2 amide bonds. The Hall–Kier alpha value is -3.08. The summed E-state index contributed by atoms with van der Waals surface area (Å²) in [6, 6.07) is 14.9. The van der Waals surface area contributed by atoms with Gasteiger partial charge in [0.1, 0.15) is 5.75 Å². The van der Waals surface area contributed by atoms with Crippen molar-refractivity contribution < 1.29 is 14.3 Å². The van der Waals surface area contributed by atoms with Crippen molar-refractivity contribution in [2.45, 2.75) is 12.8 Å². The van der Waals surface area contributed by atoms with Crippen molar-refractivity contribution >= 4 is 29.3 Å². The molecule has 25 heavy (non-hydrogen) atoms. The van der Waals surface area contributed by atoms with Gasteiger partial charge in [-0.15, -0.1) is 0 Å². The molecule has 2 aromatic rings. The van der Waals surface area contributed by atoms with E-state index in [0.29, 0.717) is 17.9 Å². The summed E-state index contributed by atoms with van der Waals surface area (Å²) >= 11 is 0. The van der Waals surface area contributed by atoms with Crippen LogP contribution < -0.4 is 15.0 Å². The van der Waals surface area contributed by atoms with Crippen molar-refractivity contribution in [3.8, 4) is 5.75 Å². The van der Waals surface area contributed by atoms with Gasteiger partial charge in [0.15, 0.2) is 0 Å². The number of ether oxygens (including phenoxy) is 1. The highest BCUT2D eigenvalue weighted by atomic mass is 16.5. The van der Waals surface area contributed by atoms with E-state index in [4.69, 9.17) is 4.74 Å². The quantitative estimate of drug-likeness (QED) is 0.851. The molecule has 0 aromatic heterocycles. The van der Waals surface area contributed by atoms with Crippen molar-refractivity contribution in [2.24, 2.45) is 0 Å². The summed E-state index contributed by atoms with van der Waals surface area (Å²) in [5.41, 5.74) is 2.42. The van der Waals surface area contributed by atoms with Crippen LogP contribution in [0.3, 0.4) is 0 Å². The second kappa shape index (κ2) is 7.66. The Bertz CT molecular complexity index is 797. The summed E-state index contributed by atoms with van der Waals surface area (Å²) in [4.78, 5) is 25.6. The number of anilines is 2. The van der Waals surface area contributed by atoms with Crippen LogP contribution in [0.4, 0.5) is 11.4 Å². The van der Waals surface area contributed by atoms with Crippen molar-refractivity contribution in [2.75, 3.05) is 23.9 Å². The summed E-state index contributed by atoms with van der Waals surface area (Å²) in [6.45, 7) is 0.773. The molecule has 1 aliphatic rings. The van der Waals surface area contributed by atoms with Gasteiger partial charge < -0.3 is 15.0 Å². The van der Waals surface area contributed by atoms with Gasteiger partial charge in [-0.1, -0.05) is 24.3 Å². The van der Waals surface area contributed by atoms with Gasteiger partial charge in [0.2, 0.25) is 11.8 Å². The van der Waals surface area contributed by atoms with Crippen LogP contribution in [0, 0.1) is 0 Å². The maximum absolute atomic E-state index is 12.1. The second-order valence-corrected chi connectivity index (χ2v) is 5.76. The molecule has 5 nitrogen and oxygen atoms in total. The summed E-state index contributed by atoms with van der Waals surface area (Å²) in [7, 11) is 1.56. The highest BCUT2D eigenvalue weighted by Crippen LogP contribution is 2.23. The first-order chi connectivity index (χ1) is 12.2. The van der Waals surface area contributed by atoms with E-state index in [2.05, 4.69) is 5.32 Å². The van der Waals surface area contributed by atoms with E-state index in [1.165, 1.54) is 6.08 Å². The molecule has 0 saturated carbocycles. The maximum atomic E-state index is 12.1. The minimum absolute atomic E-state index is 0.166. The lowest BCUT2D eigenvalue weighted by Gasteiger charge is -2.15. The van der Waals surface area contributed by atoms with Crippen LogP contribution in [0.5, 0.6) is 5.75 Å². The van der Waals surface area contributed by atoms with E-state index in [1.807, 2.05) is 36.4 Å². The molecule has 0 bridgehead atoms. The van der Waals surface area contributed by atoms with Gasteiger partial charge in [0.05, 0.1) is 12.8 Å². The maximum Gasteiger partial charge on any atom is 0.248 e. The lowest BCUT2D eigenvalue weighted by molar-refractivity contribution is -0.117. The normalized spacial score (nSPS) is 14.1. The number of hydrogen-bond acceptors (Lipinski definition) is 3. The van der Waals surface area contributed by atoms with E-state index in [9.17, 15) is 9.59 Å². The van der Waals surface area contributed by atoms with Crippen LogP contribution in [-0.2, 0) is 9.59 Å². The zero-order chi connectivity index (χ0) is 17.6. The average molecular weight is 336 g/mol. The summed E-state index contributed by atoms with van der Waals surface area (Å²) < 4.78 is 5.21. The Balaban J connectivity index is 1.63. The smallest absolute Gasteiger partial charge is 0.248 e. The predicted octanol–water partition coefficient (Wildman–Crippen LogP) is 3.47. The molecule has 1 heterocycles. The fourth-order valence-corrected chi connectivity index (χ4v) is 2.78. The number of benzene rings is 2. The lowest BCUT2D eigenvalue weighted by Crippen LogP contribution is -2.23. The molecule has 3 rings (SSSR count). The minimum Gasteiger partial charge on any atom is -0.495 e. The molecule has 128 valence electrons. The number of carbonyl (C=O) groups is 2. The molecule has 1 saturated heterocycles. The van der Waals surface area contributed by atoms with Crippen LogP contribution in [0.25, 0.3) is 6.08 Å². The summed E-state index contributed by atoms with van der Waals surface area (Å²) in [5.74, 6) is 0.548. The van der Waals surface area contributed by atoms with Crippen molar-refractivity contribution in [1.29, 1.82) is 0 Å². The van der Waals surface area contributed by atoms with E-state index < -0.39 is 0 Å². The molecule has 2 aromatic carbocycles. The van der Waals surface area contributed by atoms with Crippen molar-refractivity contribution in [3.63, 3.8) is 0 Å². The standard InChI is InChI=1S/C20H20N2O3/c1-25-18-6-3-2-5-17(18)21-19(23)13-10-15-8-11-16(12-9-15)22-14-4-7-20(22)24/h2-3,5-6,8-13H,4,7,14H2,1H3,(H,21,23). The topological polar surface area (TPSA) is 58.6 Å². The average Bonchev–Trinajstić information content (AvgIpc) is 3.07. The SMILES string of the molecule is COc1ccccc1NC(=O)C=Cc1ccc(N2CCCC2=O)cc1. The first kappa shape index (κ1) is 16.8. The van der Waals surface area contributed by atoms with E-state index in [1.54, 1.807) is 30.2 Å². The van der Waals surface area contributed by atoms with Gasteiger partial charge in [-0.25, -0.2) is 0 Å². The molecule has 1 N–H and O–H groups in total. The zero-order valence-corrected chi connectivity index (χ0v) is 14.1. The van der Waals surface area contributed by atoms with Crippen molar-refractivity contribution in [3.05, 3.63) is 60.2 Å². The molecule has 5 heteroatoms. The molecule has 0 aliphatic carbocycles. The Morgan fingerprint density at radius 3 is 2.60 bits per heavy atom.